The molecule has 1 N–H and O–H groups in total. The van der Waals surface area contributed by atoms with E-state index in [-0.39, 0.29) is 19.0 Å². The van der Waals surface area contributed by atoms with Crippen molar-refractivity contribution >= 4 is 17.4 Å². The van der Waals surface area contributed by atoms with Crippen LogP contribution in [0.4, 0.5) is 0 Å². The van der Waals surface area contributed by atoms with Crippen LogP contribution < -0.4 is 0 Å². The molecule has 1 saturated heterocycles. The number of carbonyl (C=O) groups excluding carboxylic acids is 1. The van der Waals surface area contributed by atoms with Gasteiger partial charge >= 0.3 is 5.97 Å². The minimum atomic E-state index is -0.848. The van der Waals surface area contributed by atoms with Crippen LogP contribution >= 0.6 is 0 Å². The molecule has 0 aromatic carbocycles. The summed E-state index contributed by atoms with van der Waals surface area (Å²) in [6.45, 7) is 0.552. The minimum absolute atomic E-state index is 0.159. The van der Waals surface area contributed by atoms with Crippen molar-refractivity contribution < 1.29 is 14.7 Å². The summed E-state index contributed by atoms with van der Waals surface area (Å²) in [5, 5.41) is 12.9. The first-order valence-corrected chi connectivity index (χ1v) is 5.61. The van der Waals surface area contributed by atoms with Gasteiger partial charge in [0.05, 0.1) is 23.2 Å². The third kappa shape index (κ3) is 1.54. The highest BCUT2D eigenvalue weighted by atomic mass is 16.4. The Labute approximate surface area is 102 Å². The smallest absolute Gasteiger partial charge is 0.310 e. The molecular weight excluding hydrogens is 234 g/mol. The number of carbonyl (C=O) groups is 2. The molecule has 0 unspecified atom stereocenters. The lowest BCUT2D eigenvalue weighted by atomic mass is 9.99. The number of rotatable bonds is 2. The molecule has 3 rings (SSSR count). The van der Waals surface area contributed by atoms with Crippen LogP contribution in [0.5, 0.6) is 0 Å². The van der Waals surface area contributed by atoms with E-state index in [1.807, 2.05) is 18.2 Å². The second-order valence-electron chi connectivity index (χ2n) is 4.33. The minimum Gasteiger partial charge on any atom is -0.481 e. The molecule has 0 bridgehead atoms. The van der Waals surface area contributed by atoms with Gasteiger partial charge in [-0.25, -0.2) is 4.52 Å². The molecule has 6 heteroatoms. The van der Waals surface area contributed by atoms with Crippen molar-refractivity contribution in [2.45, 2.75) is 0 Å². The van der Waals surface area contributed by atoms with Crippen LogP contribution in [-0.4, -0.2) is 44.6 Å². The number of fused-ring (bicyclic) bond motifs is 1. The molecule has 3 heterocycles. The maximum absolute atomic E-state index is 12.1. The Hall–Kier alpha value is -2.37. The second-order valence-corrected chi connectivity index (χ2v) is 4.33. The Morgan fingerprint density at radius 1 is 1.33 bits per heavy atom. The third-order valence-corrected chi connectivity index (χ3v) is 3.17. The number of hydrogen-bond acceptors (Lipinski definition) is 3. The first-order chi connectivity index (χ1) is 8.66. The zero-order chi connectivity index (χ0) is 12.7. The molecular formula is C12H11N3O3. The number of aromatic nitrogens is 2. The van der Waals surface area contributed by atoms with Crippen molar-refractivity contribution in [1.29, 1.82) is 0 Å². The lowest BCUT2D eigenvalue weighted by molar-refractivity contribution is -0.146. The first kappa shape index (κ1) is 10.8. The van der Waals surface area contributed by atoms with Crippen LogP contribution in [-0.2, 0) is 4.79 Å². The summed E-state index contributed by atoms with van der Waals surface area (Å²) < 4.78 is 1.63. The van der Waals surface area contributed by atoms with Gasteiger partial charge < -0.3 is 10.0 Å². The topological polar surface area (TPSA) is 74.9 Å². The van der Waals surface area contributed by atoms with Gasteiger partial charge in [-0.1, -0.05) is 6.07 Å². The number of pyridine rings is 1. The normalized spacial score (nSPS) is 15.7. The lowest BCUT2D eigenvalue weighted by Gasteiger charge is -2.36. The number of likely N-dealkylation sites (tertiary alicyclic amines) is 1. The number of hydrogen-bond donors (Lipinski definition) is 1. The molecule has 1 aliphatic heterocycles. The molecule has 6 nitrogen and oxygen atoms in total. The predicted molar refractivity (Wildman–Crippen MR) is 62.2 cm³/mol. The summed E-state index contributed by atoms with van der Waals surface area (Å²) in [5.74, 6) is -1.44. The number of carboxylic acid groups (broad SMARTS) is 1. The summed E-state index contributed by atoms with van der Waals surface area (Å²) >= 11 is 0. The summed E-state index contributed by atoms with van der Waals surface area (Å²) in [6.07, 6.45) is 3.29. The van der Waals surface area contributed by atoms with Crippen molar-refractivity contribution in [3.63, 3.8) is 0 Å². The Morgan fingerprint density at radius 3 is 2.83 bits per heavy atom. The van der Waals surface area contributed by atoms with Crippen LogP contribution in [0.3, 0.4) is 0 Å². The second kappa shape index (κ2) is 3.83. The van der Waals surface area contributed by atoms with Crippen molar-refractivity contribution in [3.05, 3.63) is 36.2 Å². The Balaban J connectivity index is 1.84. The molecule has 2 aromatic rings. The van der Waals surface area contributed by atoms with Gasteiger partial charge in [-0.15, -0.1) is 0 Å². The third-order valence-electron chi connectivity index (χ3n) is 3.17. The largest absolute Gasteiger partial charge is 0.481 e. The Bertz CT molecular complexity index is 628. The van der Waals surface area contributed by atoms with Gasteiger partial charge in [0, 0.05) is 19.3 Å². The molecule has 0 aliphatic carbocycles. The predicted octanol–water partition coefficient (Wildman–Crippen LogP) is 0.491. The van der Waals surface area contributed by atoms with E-state index >= 15 is 0 Å². The van der Waals surface area contributed by atoms with Crippen LogP contribution in [0.2, 0.25) is 0 Å². The van der Waals surface area contributed by atoms with Gasteiger partial charge in [0.15, 0.2) is 0 Å². The number of aliphatic carboxylic acids is 1. The summed E-state index contributed by atoms with van der Waals surface area (Å²) in [4.78, 5) is 24.4. The highest BCUT2D eigenvalue weighted by Gasteiger charge is 2.36. The maximum atomic E-state index is 12.1. The molecule has 1 amide bonds. The van der Waals surface area contributed by atoms with Gasteiger partial charge in [0.1, 0.15) is 0 Å². The van der Waals surface area contributed by atoms with Crippen molar-refractivity contribution in [3.8, 4) is 0 Å². The molecule has 0 saturated carbocycles. The van der Waals surface area contributed by atoms with Crippen LogP contribution in [0, 0.1) is 5.92 Å². The van der Waals surface area contributed by atoms with Crippen LogP contribution in [0.1, 0.15) is 10.4 Å². The molecule has 92 valence electrons. The highest BCUT2D eigenvalue weighted by Crippen LogP contribution is 2.20. The average molecular weight is 245 g/mol. The lowest BCUT2D eigenvalue weighted by Crippen LogP contribution is -2.53. The van der Waals surface area contributed by atoms with E-state index in [4.69, 9.17) is 5.11 Å². The molecule has 0 radical (unpaired) electrons. The number of amides is 1. The maximum Gasteiger partial charge on any atom is 0.310 e. The Morgan fingerprint density at radius 2 is 2.11 bits per heavy atom. The summed E-state index contributed by atoms with van der Waals surface area (Å²) in [7, 11) is 0. The standard InChI is InChI=1S/C12H11N3O3/c16-11(14-6-8(7-14)12(17)18)9-5-13-15-4-2-1-3-10(9)15/h1-5,8H,6-7H2,(H,17,18). The molecule has 2 aromatic heterocycles. The zero-order valence-corrected chi connectivity index (χ0v) is 9.48. The SMILES string of the molecule is O=C(O)C1CN(C(=O)c2cnn3ccccc23)C1. The van der Waals surface area contributed by atoms with Crippen LogP contribution in [0.25, 0.3) is 5.52 Å². The number of nitrogens with zero attached hydrogens (tertiary/aromatic N) is 3. The van der Waals surface area contributed by atoms with Crippen molar-refractivity contribution in [1.82, 2.24) is 14.5 Å². The zero-order valence-electron chi connectivity index (χ0n) is 9.48. The number of carboxylic acids is 1. The molecule has 1 fully saturated rings. The van der Waals surface area contributed by atoms with Gasteiger partial charge in [0.25, 0.3) is 5.91 Å². The van der Waals surface area contributed by atoms with Crippen molar-refractivity contribution in [2.24, 2.45) is 5.92 Å². The Kier molecular flexibility index (Phi) is 2.29. The highest BCUT2D eigenvalue weighted by molar-refractivity contribution is 6.01. The van der Waals surface area contributed by atoms with Gasteiger partial charge in [0.2, 0.25) is 0 Å². The fraction of sp³-hybridized carbons (Fsp3) is 0.250. The molecule has 1 aliphatic rings. The fourth-order valence-corrected chi connectivity index (χ4v) is 2.07. The monoisotopic (exact) mass is 245 g/mol. The van der Waals surface area contributed by atoms with E-state index < -0.39 is 11.9 Å². The molecule has 0 spiro atoms. The van der Waals surface area contributed by atoms with E-state index in [0.717, 1.165) is 5.52 Å². The van der Waals surface area contributed by atoms with Crippen molar-refractivity contribution in [2.75, 3.05) is 13.1 Å². The summed E-state index contributed by atoms with van der Waals surface area (Å²) in [6, 6.07) is 5.48. The van der Waals surface area contributed by atoms with E-state index in [2.05, 4.69) is 5.10 Å². The average Bonchev–Trinajstić information content (AvgIpc) is 2.69. The molecule has 0 atom stereocenters. The van der Waals surface area contributed by atoms with E-state index in [1.54, 1.807) is 10.7 Å². The quantitative estimate of drug-likeness (QED) is 0.835. The van der Waals surface area contributed by atoms with Gasteiger partial charge in [-0.3, -0.25) is 9.59 Å². The van der Waals surface area contributed by atoms with E-state index in [9.17, 15) is 9.59 Å². The van der Waals surface area contributed by atoms with E-state index in [0.29, 0.717) is 5.56 Å². The summed E-state index contributed by atoms with van der Waals surface area (Å²) in [5.41, 5.74) is 1.25. The van der Waals surface area contributed by atoms with E-state index in [1.165, 1.54) is 11.1 Å². The van der Waals surface area contributed by atoms with Gasteiger partial charge in [-0.05, 0) is 12.1 Å². The fourth-order valence-electron chi connectivity index (χ4n) is 2.07. The molecule has 18 heavy (non-hydrogen) atoms. The van der Waals surface area contributed by atoms with Crippen LogP contribution in [0.15, 0.2) is 30.6 Å². The first-order valence-electron chi connectivity index (χ1n) is 5.61. The van der Waals surface area contributed by atoms with Gasteiger partial charge in [-0.2, -0.15) is 5.10 Å².